The van der Waals surface area contributed by atoms with E-state index in [0.29, 0.717) is 25.2 Å². The van der Waals surface area contributed by atoms with Gasteiger partial charge in [-0.3, -0.25) is 9.69 Å². The van der Waals surface area contributed by atoms with E-state index in [1.165, 1.54) is 17.0 Å². The van der Waals surface area contributed by atoms with E-state index in [0.717, 1.165) is 6.07 Å². The number of carbonyl (C=O) groups is 2. The van der Waals surface area contributed by atoms with E-state index in [1.807, 2.05) is 0 Å². The van der Waals surface area contributed by atoms with Gasteiger partial charge in [-0.15, -0.1) is 0 Å². The molecule has 4 unspecified atom stereocenters. The zero-order valence-corrected chi connectivity index (χ0v) is 14.1. The maximum atomic E-state index is 14.1. The molecule has 4 rings (SSSR count). The van der Waals surface area contributed by atoms with Gasteiger partial charge in [0.05, 0.1) is 29.7 Å². The molecule has 6 nitrogen and oxygen atoms in total. The molecule has 0 radical (unpaired) electrons. The van der Waals surface area contributed by atoms with Gasteiger partial charge in [-0.05, 0) is 31.0 Å². The quantitative estimate of drug-likeness (QED) is 0.784. The summed E-state index contributed by atoms with van der Waals surface area (Å²) in [6.07, 6.45) is -5.80. The minimum atomic E-state index is -4.57. The topological polar surface area (TPSA) is 70.7 Å². The van der Waals surface area contributed by atoms with Gasteiger partial charge in [0.1, 0.15) is 5.82 Å². The van der Waals surface area contributed by atoms with Gasteiger partial charge in [0.15, 0.2) is 0 Å². The van der Waals surface area contributed by atoms with Crippen molar-refractivity contribution in [2.45, 2.75) is 31.2 Å². The lowest BCUT2D eigenvalue weighted by Gasteiger charge is -2.28. The Morgan fingerprint density at radius 1 is 1.26 bits per heavy atom. The van der Waals surface area contributed by atoms with Crippen molar-refractivity contribution in [3.63, 3.8) is 0 Å². The van der Waals surface area contributed by atoms with Crippen molar-refractivity contribution < 1.29 is 31.9 Å². The number of anilines is 2. The lowest BCUT2D eigenvalue weighted by molar-refractivity contribution is -0.196. The maximum Gasteiger partial charge on any atom is 0.395 e. The van der Waals surface area contributed by atoms with Crippen molar-refractivity contribution in [3.05, 3.63) is 24.0 Å². The Hall–Kier alpha value is -2.36. The molecule has 3 saturated heterocycles. The predicted molar refractivity (Wildman–Crippen MR) is 86.7 cm³/mol. The number of hydrogen-bond donors (Lipinski definition) is 2. The summed E-state index contributed by atoms with van der Waals surface area (Å²) in [7, 11) is 0. The second kappa shape index (κ2) is 6.36. The van der Waals surface area contributed by atoms with Gasteiger partial charge in [-0.2, -0.15) is 13.2 Å². The Bertz CT molecular complexity index is 785. The summed E-state index contributed by atoms with van der Waals surface area (Å²) in [5.41, 5.74) is 0.0826. The molecule has 2 N–H and O–H groups in total. The van der Waals surface area contributed by atoms with Crippen molar-refractivity contribution >= 4 is 23.3 Å². The molecule has 3 aliphatic heterocycles. The van der Waals surface area contributed by atoms with Crippen molar-refractivity contribution in [2.75, 3.05) is 23.3 Å². The van der Waals surface area contributed by atoms with Crippen molar-refractivity contribution in [1.82, 2.24) is 5.32 Å². The number of nitrogens with zero attached hydrogens (tertiary/aromatic N) is 1. The number of benzene rings is 1. The van der Waals surface area contributed by atoms with Gasteiger partial charge in [0.2, 0.25) is 5.91 Å². The fourth-order valence-electron chi connectivity index (χ4n) is 4.14. The molecule has 2 bridgehead atoms. The molecular weight excluding hydrogens is 370 g/mol. The van der Waals surface area contributed by atoms with Crippen molar-refractivity contribution in [2.24, 2.45) is 11.8 Å². The van der Waals surface area contributed by atoms with Crippen molar-refractivity contribution in [3.8, 4) is 0 Å². The second-order valence-electron chi connectivity index (χ2n) is 6.92. The summed E-state index contributed by atoms with van der Waals surface area (Å²) in [5, 5.41) is 4.86. The molecule has 146 valence electrons. The van der Waals surface area contributed by atoms with E-state index in [-0.39, 0.29) is 18.1 Å². The molecule has 3 amide bonds. The molecule has 4 atom stereocenters. The monoisotopic (exact) mass is 387 g/mol. The van der Waals surface area contributed by atoms with Gasteiger partial charge in [-0.25, -0.2) is 9.18 Å². The Morgan fingerprint density at radius 3 is 2.67 bits per heavy atom. The average molecular weight is 387 g/mol. The SMILES string of the molecule is O=C(Nc1cc(N2CCNC2=O)ccc1F)C1C2CCC(O2)C1C(F)(F)F. The van der Waals surface area contributed by atoms with Crippen LogP contribution in [0.4, 0.5) is 33.7 Å². The van der Waals surface area contributed by atoms with Gasteiger partial charge in [-0.1, -0.05) is 0 Å². The normalized spacial score (nSPS) is 29.9. The summed E-state index contributed by atoms with van der Waals surface area (Å²) in [4.78, 5) is 25.7. The fraction of sp³-hybridized carbons (Fsp3) is 0.529. The molecule has 1 aromatic carbocycles. The summed E-state index contributed by atoms with van der Waals surface area (Å²) >= 11 is 0. The molecular formula is C17H17F4N3O3. The summed E-state index contributed by atoms with van der Waals surface area (Å²) < 4.78 is 59.5. The molecule has 1 aromatic rings. The second-order valence-corrected chi connectivity index (χ2v) is 6.92. The maximum absolute atomic E-state index is 14.1. The van der Waals surface area contributed by atoms with Crippen LogP contribution in [0.15, 0.2) is 18.2 Å². The Kier molecular flexibility index (Phi) is 4.25. The molecule has 3 fully saturated rings. The van der Waals surface area contributed by atoms with E-state index in [2.05, 4.69) is 10.6 Å². The molecule has 0 aliphatic carbocycles. The van der Waals surface area contributed by atoms with Gasteiger partial charge < -0.3 is 15.4 Å². The van der Waals surface area contributed by atoms with Crippen LogP contribution < -0.4 is 15.5 Å². The van der Waals surface area contributed by atoms with Gasteiger partial charge in [0, 0.05) is 18.8 Å². The third-order valence-electron chi connectivity index (χ3n) is 5.33. The minimum Gasteiger partial charge on any atom is -0.373 e. The molecule has 0 saturated carbocycles. The van der Waals surface area contributed by atoms with E-state index < -0.39 is 41.9 Å². The zero-order chi connectivity index (χ0) is 19.3. The number of ether oxygens (including phenoxy) is 1. The van der Waals surface area contributed by atoms with E-state index in [4.69, 9.17) is 4.74 Å². The molecule has 3 aliphatic rings. The summed E-state index contributed by atoms with van der Waals surface area (Å²) in [6.45, 7) is 0.794. The van der Waals surface area contributed by atoms with Crippen LogP contribution in [0.2, 0.25) is 0 Å². The number of rotatable bonds is 3. The Labute approximate surface area is 151 Å². The summed E-state index contributed by atoms with van der Waals surface area (Å²) in [5.74, 6) is -5.03. The highest BCUT2D eigenvalue weighted by Gasteiger charge is 2.62. The lowest BCUT2D eigenvalue weighted by atomic mass is 9.78. The van der Waals surface area contributed by atoms with Crippen LogP contribution in [-0.2, 0) is 9.53 Å². The largest absolute Gasteiger partial charge is 0.395 e. The van der Waals surface area contributed by atoms with Crippen LogP contribution in [0.1, 0.15) is 12.8 Å². The first-order valence-electron chi connectivity index (χ1n) is 8.63. The number of nitrogens with one attached hydrogen (secondary N) is 2. The highest BCUT2D eigenvalue weighted by molar-refractivity contribution is 5.97. The minimum absolute atomic E-state index is 0.256. The first-order valence-corrected chi connectivity index (χ1v) is 8.63. The third-order valence-corrected chi connectivity index (χ3v) is 5.33. The fourth-order valence-corrected chi connectivity index (χ4v) is 4.14. The predicted octanol–water partition coefficient (Wildman–Crippen LogP) is 2.65. The highest BCUT2D eigenvalue weighted by atomic mass is 19.4. The van der Waals surface area contributed by atoms with E-state index in [1.54, 1.807) is 0 Å². The molecule has 27 heavy (non-hydrogen) atoms. The first kappa shape index (κ1) is 18.0. The lowest BCUT2D eigenvalue weighted by Crippen LogP contribution is -2.44. The molecule has 10 heteroatoms. The third kappa shape index (κ3) is 3.11. The smallest absolute Gasteiger partial charge is 0.373 e. The zero-order valence-electron chi connectivity index (χ0n) is 14.1. The van der Waals surface area contributed by atoms with E-state index in [9.17, 15) is 27.2 Å². The highest BCUT2D eigenvalue weighted by Crippen LogP contribution is 2.50. The molecule has 0 aromatic heterocycles. The van der Waals surface area contributed by atoms with Gasteiger partial charge in [0.25, 0.3) is 0 Å². The Morgan fingerprint density at radius 2 is 2.00 bits per heavy atom. The molecule has 3 heterocycles. The van der Waals surface area contributed by atoms with Crippen molar-refractivity contribution in [1.29, 1.82) is 0 Å². The summed E-state index contributed by atoms with van der Waals surface area (Å²) in [6, 6.07) is 3.32. The molecule has 0 spiro atoms. The van der Waals surface area contributed by atoms with Crippen LogP contribution in [0, 0.1) is 17.7 Å². The van der Waals surface area contributed by atoms with Crippen LogP contribution in [-0.4, -0.2) is 43.4 Å². The van der Waals surface area contributed by atoms with Crippen LogP contribution in [0.5, 0.6) is 0 Å². The average Bonchev–Trinajstić information content (AvgIpc) is 3.31. The number of urea groups is 1. The van der Waals surface area contributed by atoms with Crippen LogP contribution >= 0.6 is 0 Å². The number of alkyl halides is 3. The standard InChI is InChI=1S/C17H17F4N3O3/c18-9-2-1-8(24-6-5-22-16(24)26)7-10(9)23-15(25)13-11-3-4-12(27-11)14(13)17(19,20)21/h1-2,7,11-14H,3-6H2,(H,22,26)(H,23,25). The first-order chi connectivity index (χ1) is 12.8. The van der Waals surface area contributed by atoms with Crippen LogP contribution in [0.25, 0.3) is 0 Å². The number of hydrogen-bond acceptors (Lipinski definition) is 3. The number of halogens is 4. The van der Waals surface area contributed by atoms with E-state index >= 15 is 0 Å². The van der Waals surface area contributed by atoms with Gasteiger partial charge >= 0.3 is 12.2 Å². The number of amides is 3. The Balaban J connectivity index is 1.57. The number of fused-ring (bicyclic) bond motifs is 2. The number of carbonyl (C=O) groups excluding carboxylic acids is 2. The van der Waals surface area contributed by atoms with Crippen LogP contribution in [0.3, 0.4) is 0 Å².